The molecule has 0 unspecified atom stereocenters. The molecule has 1 aliphatic heterocycles. The molecule has 1 aromatic heterocycles. The van der Waals surface area contributed by atoms with Crippen molar-refractivity contribution < 1.29 is 4.42 Å². The molecule has 0 spiro atoms. The van der Waals surface area contributed by atoms with Crippen LogP contribution in [0.4, 0.5) is 0 Å². The van der Waals surface area contributed by atoms with E-state index in [0.29, 0.717) is 0 Å². The average Bonchev–Trinajstić information content (AvgIpc) is 2.58. The van der Waals surface area contributed by atoms with Gasteiger partial charge in [-0.25, -0.2) is 0 Å². The Kier molecular flexibility index (Phi) is 2.00. The Hall–Kier alpha value is -1.02. The van der Waals surface area contributed by atoms with Crippen molar-refractivity contribution in [1.29, 1.82) is 0 Å². The monoisotopic (exact) mass is 163 g/mol. The first-order valence-electron chi connectivity index (χ1n) is 4.28. The molecule has 0 bridgehead atoms. The van der Waals surface area contributed by atoms with Gasteiger partial charge in [0.2, 0.25) is 0 Å². The first kappa shape index (κ1) is 7.62. The average molecular weight is 163 g/mol. The van der Waals surface area contributed by atoms with Crippen LogP contribution >= 0.6 is 0 Å². The fraction of sp³-hybridized carbons (Fsp3) is 0.400. The van der Waals surface area contributed by atoms with Crippen LogP contribution in [0.5, 0.6) is 0 Å². The molecule has 0 saturated heterocycles. The summed E-state index contributed by atoms with van der Waals surface area (Å²) in [5.74, 6) is 1.03. The van der Waals surface area contributed by atoms with Gasteiger partial charge in [-0.05, 0) is 31.2 Å². The minimum atomic E-state index is 1.03. The van der Waals surface area contributed by atoms with Crippen LogP contribution in [0, 0.1) is 0 Å². The molecule has 0 fully saturated rings. The number of nitrogens with zero attached hydrogens (tertiary/aromatic N) is 1. The first-order valence-corrected chi connectivity index (χ1v) is 4.28. The maximum absolute atomic E-state index is 5.32. The summed E-state index contributed by atoms with van der Waals surface area (Å²) in [4.78, 5) is 2.30. The van der Waals surface area contributed by atoms with E-state index in [4.69, 9.17) is 4.42 Å². The van der Waals surface area contributed by atoms with Crippen molar-refractivity contribution in [2.24, 2.45) is 0 Å². The van der Waals surface area contributed by atoms with Gasteiger partial charge in [0.25, 0.3) is 0 Å². The standard InChI is InChI=1S/C10H13NO/c1-11-6-4-9(5-7-11)10-3-2-8-12-10/h2-4,8H,5-7H2,1H3. The van der Waals surface area contributed by atoms with Crippen LogP contribution < -0.4 is 0 Å². The van der Waals surface area contributed by atoms with Gasteiger partial charge in [-0.2, -0.15) is 0 Å². The lowest BCUT2D eigenvalue weighted by atomic mass is 10.1. The highest BCUT2D eigenvalue weighted by Gasteiger charge is 2.10. The Morgan fingerprint density at radius 2 is 2.42 bits per heavy atom. The van der Waals surface area contributed by atoms with E-state index in [9.17, 15) is 0 Å². The van der Waals surface area contributed by atoms with Crippen LogP contribution in [0.25, 0.3) is 5.57 Å². The maximum Gasteiger partial charge on any atom is 0.129 e. The first-order chi connectivity index (χ1) is 5.86. The van der Waals surface area contributed by atoms with Crippen molar-refractivity contribution in [3.63, 3.8) is 0 Å². The summed E-state index contributed by atoms with van der Waals surface area (Å²) in [5.41, 5.74) is 1.35. The second kappa shape index (κ2) is 3.15. The van der Waals surface area contributed by atoms with E-state index in [1.54, 1.807) is 6.26 Å². The number of hydrogen-bond donors (Lipinski definition) is 0. The van der Waals surface area contributed by atoms with E-state index >= 15 is 0 Å². The van der Waals surface area contributed by atoms with Gasteiger partial charge >= 0.3 is 0 Å². The molecule has 2 rings (SSSR count). The zero-order valence-electron chi connectivity index (χ0n) is 7.29. The van der Waals surface area contributed by atoms with Gasteiger partial charge in [0.05, 0.1) is 6.26 Å². The molecule has 12 heavy (non-hydrogen) atoms. The van der Waals surface area contributed by atoms with Gasteiger partial charge in [-0.1, -0.05) is 6.08 Å². The molecule has 0 aromatic carbocycles. The van der Waals surface area contributed by atoms with Crippen molar-refractivity contribution in [3.05, 3.63) is 30.2 Å². The number of furan rings is 1. The third kappa shape index (κ3) is 1.43. The second-order valence-electron chi connectivity index (χ2n) is 3.22. The molecule has 1 aromatic rings. The Labute approximate surface area is 72.5 Å². The Morgan fingerprint density at radius 1 is 1.50 bits per heavy atom. The van der Waals surface area contributed by atoms with Gasteiger partial charge in [0.15, 0.2) is 0 Å². The third-order valence-electron chi connectivity index (χ3n) is 2.25. The van der Waals surface area contributed by atoms with E-state index in [0.717, 1.165) is 25.3 Å². The summed E-state index contributed by atoms with van der Waals surface area (Å²) >= 11 is 0. The molecule has 0 aliphatic carbocycles. The smallest absolute Gasteiger partial charge is 0.129 e. The highest BCUT2D eigenvalue weighted by atomic mass is 16.3. The van der Waals surface area contributed by atoms with Gasteiger partial charge in [0.1, 0.15) is 5.76 Å². The Balaban J connectivity index is 2.16. The van der Waals surface area contributed by atoms with E-state index < -0.39 is 0 Å². The molecule has 64 valence electrons. The van der Waals surface area contributed by atoms with E-state index in [1.165, 1.54) is 5.57 Å². The zero-order valence-corrected chi connectivity index (χ0v) is 7.29. The van der Waals surface area contributed by atoms with Crippen LogP contribution in [0.1, 0.15) is 12.2 Å². The fourth-order valence-electron chi connectivity index (χ4n) is 1.46. The van der Waals surface area contributed by atoms with Crippen molar-refractivity contribution in [2.45, 2.75) is 6.42 Å². The normalized spacial score (nSPS) is 19.2. The lowest BCUT2D eigenvalue weighted by Crippen LogP contribution is -2.23. The lowest BCUT2D eigenvalue weighted by Gasteiger charge is -2.20. The van der Waals surface area contributed by atoms with Gasteiger partial charge < -0.3 is 9.32 Å². The summed E-state index contributed by atoms with van der Waals surface area (Å²) in [5, 5.41) is 0. The second-order valence-corrected chi connectivity index (χ2v) is 3.22. The lowest BCUT2D eigenvalue weighted by molar-refractivity contribution is 0.367. The van der Waals surface area contributed by atoms with Crippen LogP contribution in [-0.2, 0) is 0 Å². The highest BCUT2D eigenvalue weighted by molar-refractivity contribution is 5.62. The molecule has 2 heterocycles. The molecular formula is C10H13NO. The van der Waals surface area contributed by atoms with Gasteiger partial charge in [0, 0.05) is 13.1 Å². The summed E-state index contributed by atoms with van der Waals surface area (Å²) < 4.78 is 5.32. The van der Waals surface area contributed by atoms with Crippen LogP contribution in [0.3, 0.4) is 0 Å². The van der Waals surface area contributed by atoms with Crippen molar-refractivity contribution in [2.75, 3.05) is 20.1 Å². The van der Waals surface area contributed by atoms with Crippen molar-refractivity contribution >= 4 is 5.57 Å². The van der Waals surface area contributed by atoms with Crippen LogP contribution in [-0.4, -0.2) is 25.0 Å². The highest BCUT2D eigenvalue weighted by Crippen LogP contribution is 2.21. The fourth-order valence-corrected chi connectivity index (χ4v) is 1.46. The summed E-state index contributed by atoms with van der Waals surface area (Å²) in [6.45, 7) is 2.17. The largest absolute Gasteiger partial charge is 0.465 e. The maximum atomic E-state index is 5.32. The predicted molar refractivity (Wildman–Crippen MR) is 48.8 cm³/mol. The molecule has 1 aliphatic rings. The third-order valence-corrected chi connectivity index (χ3v) is 2.25. The zero-order chi connectivity index (χ0) is 8.39. The molecule has 0 saturated carbocycles. The van der Waals surface area contributed by atoms with Gasteiger partial charge in [-0.15, -0.1) is 0 Å². The summed E-state index contributed by atoms with van der Waals surface area (Å²) in [6, 6.07) is 3.96. The van der Waals surface area contributed by atoms with E-state index in [1.807, 2.05) is 12.1 Å². The van der Waals surface area contributed by atoms with Gasteiger partial charge in [-0.3, -0.25) is 0 Å². The van der Waals surface area contributed by atoms with Crippen molar-refractivity contribution in [1.82, 2.24) is 4.90 Å². The van der Waals surface area contributed by atoms with E-state index in [2.05, 4.69) is 18.0 Å². The number of likely N-dealkylation sites (N-methyl/N-ethyl adjacent to an activating group) is 1. The SMILES string of the molecule is CN1CC=C(c2ccco2)CC1. The molecule has 2 heteroatoms. The Morgan fingerprint density at radius 3 is 3.00 bits per heavy atom. The molecule has 0 amide bonds. The molecular weight excluding hydrogens is 150 g/mol. The summed E-state index contributed by atoms with van der Waals surface area (Å²) in [7, 11) is 2.13. The minimum absolute atomic E-state index is 1.03. The molecule has 0 atom stereocenters. The van der Waals surface area contributed by atoms with Crippen molar-refractivity contribution in [3.8, 4) is 0 Å². The number of hydrogen-bond acceptors (Lipinski definition) is 2. The van der Waals surface area contributed by atoms with E-state index in [-0.39, 0.29) is 0 Å². The minimum Gasteiger partial charge on any atom is -0.465 e. The molecule has 0 N–H and O–H groups in total. The molecule has 2 nitrogen and oxygen atoms in total. The Bertz CT molecular complexity index is 274. The summed E-state index contributed by atoms with van der Waals surface area (Å²) in [6.07, 6.45) is 5.07. The predicted octanol–water partition coefficient (Wildman–Crippen LogP) is 2.00. The van der Waals surface area contributed by atoms with Crippen LogP contribution in [0.2, 0.25) is 0 Å². The number of rotatable bonds is 1. The molecule has 0 radical (unpaired) electrons. The quantitative estimate of drug-likeness (QED) is 0.629. The van der Waals surface area contributed by atoms with Crippen LogP contribution in [0.15, 0.2) is 28.9 Å². The topological polar surface area (TPSA) is 16.4 Å².